The molecule has 0 spiro atoms. The summed E-state index contributed by atoms with van der Waals surface area (Å²) in [6, 6.07) is 4.99. The third-order valence-electron chi connectivity index (χ3n) is 1.78. The topological polar surface area (TPSA) is 73.6 Å². The first-order chi connectivity index (χ1) is 6.74. The summed E-state index contributed by atoms with van der Waals surface area (Å²) in [6.45, 7) is 0. The number of nitrogen functional groups attached to an aromatic ring is 1. The van der Waals surface area contributed by atoms with Crippen molar-refractivity contribution in [3.63, 3.8) is 0 Å². The van der Waals surface area contributed by atoms with Gasteiger partial charge in [0.2, 0.25) is 0 Å². The zero-order chi connectivity index (χ0) is 10.6. The molecule has 0 fully saturated rings. The van der Waals surface area contributed by atoms with Gasteiger partial charge in [-0.15, -0.1) is 0 Å². The molecule has 0 bridgehead atoms. The maximum Gasteiger partial charge on any atom is 0.269 e. The minimum Gasteiger partial charge on any atom is -0.493 e. The first kappa shape index (κ1) is 10.3. The van der Waals surface area contributed by atoms with Crippen LogP contribution in [0, 0.1) is 0 Å². The highest BCUT2D eigenvalue weighted by Crippen LogP contribution is 2.30. The Hall–Kier alpha value is -1.75. The minimum atomic E-state index is -0.416. The number of nitrogens with one attached hydrogen (secondary N) is 1. The van der Waals surface area contributed by atoms with E-state index in [0.29, 0.717) is 17.1 Å². The second kappa shape index (κ2) is 4.48. The van der Waals surface area contributed by atoms with Crippen molar-refractivity contribution in [1.29, 1.82) is 0 Å². The molecule has 0 unspecified atom stereocenters. The van der Waals surface area contributed by atoms with Gasteiger partial charge >= 0.3 is 0 Å². The second-order valence-electron chi connectivity index (χ2n) is 2.51. The van der Waals surface area contributed by atoms with Crippen LogP contribution in [0.1, 0.15) is 10.4 Å². The number of amides is 1. The molecule has 3 N–H and O–H groups in total. The fraction of sp³-hybridized carbons (Fsp3) is 0.222. The van der Waals surface area contributed by atoms with E-state index in [4.69, 9.17) is 15.3 Å². The van der Waals surface area contributed by atoms with E-state index in [-0.39, 0.29) is 0 Å². The van der Waals surface area contributed by atoms with Gasteiger partial charge in [0.1, 0.15) is 0 Å². The number of benzene rings is 1. The van der Waals surface area contributed by atoms with Crippen LogP contribution in [-0.2, 0) is 0 Å². The van der Waals surface area contributed by atoms with E-state index in [1.807, 2.05) is 5.43 Å². The summed E-state index contributed by atoms with van der Waals surface area (Å²) in [4.78, 5) is 11.3. The number of ether oxygens (including phenoxy) is 2. The highest BCUT2D eigenvalue weighted by Gasteiger charge is 2.14. The summed E-state index contributed by atoms with van der Waals surface area (Å²) in [7, 11) is 2.97. The molecule has 0 aliphatic carbocycles. The lowest BCUT2D eigenvalue weighted by Gasteiger charge is -2.10. The Morgan fingerprint density at radius 2 is 2.07 bits per heavy atom. The number of hydrazine groups is 1. The van der Waals surface area contributed by atoms with E-state index in [0.717, 1.165) is 0 Å². The number of hydrogen-bond acceptors (Lipinski definition) is 4. The first-order valence-electron chi connectivity index (χ1n) is 3.96. The highest BCUT2D eigenvalue weighted by atomic mass is 16.5. The van der Waals surface area contributed by atoms with Crippen LogP contribution in [0.3, 0.4) is 0 Å². The van der Waals surface area contributed by atoms with E-state index in [2.05, 4.69) is 0 Å². The fourth-order valence-electron chi connectivity index (χ4n) is 1.14. The fourth-order valence-corrected chi connectivity index (χ4v) is 1.14. The molecule has 1 amide bonds. The van der Waals surface area contributed by atoms with Gasteiger partial charge in [0.05, 0.1) is 19.8 Å². The summed E-state index contributed by atoms with van der Waals surface area (Å²) >= 11 is 0. The summed E-state index contributed by atoms with van der Waals surface area (Å²) in [5.41, 5.74) is 2.37. The lowest BCUT2D eigenvalue weighted by molar-refractivity contribution is 0.0950. The average molecular weight is 196 g/mol. The van der Waals surface area contributed by atoms with Crippen LogP contribution < -0.4 is 20.7 Å². The summed E-state index contributed by atoms with van der Waals surface area (Å²) in [6.07, 6.45) is 0. The van der Waals surface area contributed by atoms with Crippen molar-refractivity contribution < 1.29 is 14.3 Å². The third kappa shape index (κ3) is 1.77. The maximum atomic E-state index is 11.3. The maximum absolute atomic E-state index is 11.3. The average Bonchev–Trinajstić information content (AvgIpc) is 2.26. The Kier molecular flexibility index (Phi) is 3.30. The molecule has 0 atom stereocenters. The predicted molar refractivity (Wildman–Crippen MR) is 51.2 cm³/mol. The molecule has 0 saturated carbocycles. The Balaban J connectivity index is 3.21. The van der Waals surface area contributed by atoms with Crippen LogP contribution >= 0.6 is 0 Å². The van der Waals surface area contributed by atoms with Crippen LogP contribution in [0.4, 0.5) is 0 Å². The molecular formula is C9H12N2O3. The van der Waals surface area contributed by atoms with Crippen molar-refractivity contribution in [2.75, 3.05) is 14.2 Å². The molecular weight excluding hydrogens is 184 g/mol. The molecule has 1 aromatic carbocycles. The third-order valence-corrected chi connectivity index (χ3v) is 1.78. The van der Waals surface area contributed by atoms with Gasteiger partial charge in [-0.25, -0.2) is 5.84 Å². The molecule has 5 nitrogen and oxygen atoms in total. The van der Waals surface area contributed by atoms with Gasteiger partial charge in [0.15, 0.2) is 11.5 Å². The standard InChI is InChI=1S/C9H12N2O3/c1-13-7-5-3-4-6(8(7)14-2)9(12)11-10/h3-5H,10H2,1-2H3,(H,11,12). The van der Waals surface area contributed by atoms with Crippen molar-refractivity contribution in [2.45, 2.75) is 0 Å². The van der Waals surface area contributed by atoms with Crippen LogP contribution in [-0.4, -0.2) is 20.1 Å². The van der Waals surface area contributed by atoms with E-state index in [9.17, 15) is 4.79 Å². The Bertz CT molecular complexity index is 339. The van der Waals surface area contributed by atoms with Crippen molar-refractivity contribution >= 4 is 5.91 Å². The first-order valence-corrected chi connectivity index (χ1v) is 3.96. The molecule has 76 valence electrons. The Labute approximate surface area is 81.8 Å². The Morgan fingerprint density at radius 3 is 2.57 bits per heavy atom. The van der Waals surface area contributed by atoms with Gasteiger partial charge in [-0.2, -0.15) is 0 Å². The summed E-state index contributed by atoms with van der Waals surface area (Å²) in [5, 5.41) is 0. The predicted octanol–water partition coefficient (Wildman–Crippen LogP) is 0.307. The Morgan fingerprint density at radius 1 is 1.36 bits per heavy atom. The molecule has 0 aliphatic heterocycles. The lowest BCUT2D eigenvalue weighted by Crippen LogP contribution is -2.30. The van der Waals surface area contributed by atoms with Gasteiger partial charge in [-0.3, -0.25) is 10.2 Å². The van der Waals surface area contributed by atoms with Crippen molar-refractivity contribution in [2.24, 2.45) is 5.84 Å². The van der Waals surface area contributed by atoms with Gasteiger partial charge in [0, 0.05) is 0 Å². The van der Waals surface area contributed by atoms with Crippen molar-refractivity contribution in [1.82, 2.24) is 5.43 Å². The molecule has 0 radical (unpaired) electrons. The van der Waals surface area contributed by atoms with E-state index in [1.54, 1.807) is 18.2 Å². The summed E-state index contributed by atoms with van der Waals surface area (Å²) < 4.78 is 10.1. The van der Waals surface area contributed by atoms with Crippen LogP contribution in [0.25, 0.3) is 0 Å². The van der Waals surface area contributed by atoms with Crippen LogP contribution in [0.15, 0.2) is 18.2 Å². The number of methoxy groups -OCH3 is 2. The normalized spacial score (nSPS) is 9.36. The van der Waals surface area contributed by atoms with Crippen LogP contribution in [0.2, 0.25) is 0 Å². The summed E-state index contributed by atoms with van der Waals surface area (Å²) in [5.74, 6) is 5.47. The largest absolute Gasteiger partial charge is 0.493 e. The van der Waals surface area contributed by atoms with Crippen LogP contribution in [0.5, 0.6) is 11.5 Å². The van der Waals surface area contributed by atoms with Gasteiger partial charge in [-0.1, -0.05) is 6.07 Å². The van der Waals surface area contributed by atoms with Gasteiger partial charge in [0.25, 0.3) is 5.91 Å². The monoisotopic (exact) mass is 196 g/mol. The van der Waals surface area contributed by atoms with Crippen molar-refractivity contribution in [3.8, 4) is 11.5 Å². The van der Waals surface area contributed by atoms with Crippen molar-refractivity contribution in [3.05, 3.63) is 23.8 Å². The zero-order valence-corrected chi connectivity index (χ0v) is 8.03. The second-order valence-corrected chi connectivity index (χ2v) is 2.51. The molecule has 5 heteroatoms. The van der Waals surface area contributed by atoms with E-state index in [1.165, 1.54) is 14.2 Å². The minimum absolute atomic E-state index is 0.342. The number of carbonyl (C=O) groups is 1. The number of nitrogens with two attached hydrogens (primary N) is 1. The quantitative estimate of drug-likeness (QED) is 0.414. The molecule has 0 heterocycles. The molecule has 0 aromatic heterocycles. The number of carbonyl (C=O) groups excluding carboxylic acids is 1. The molecule has 1 rings (SSSR count). The molecule has 1 aromatic rings. The number of hydrogen-bond donors (Lipinski definition) is 2. The van der Waals surface area contributed by atoms with Gasteiger partial charge in [-0.05, 0) is 12.1 Å². The highest BCUT2D eigenvalue weighted by molar-refractivity contribution is 5.97. The number of rotatable bonds is 3. The number of para-hydroxylation sites is 1. The molecule has 14 heavy (non-hydrogen) atoms. The molecule has 0 saturated heterocycles. The zero-order valence-electron chi connectivity index (χ0n) is 8.03. The van der Waals surface area contributed by atoms with Gasteiger partial charge < -0.3 is 9.47 Å². The SMILES string of the molecule is COc1cccc(C(=O)NN)c1OC. The van der Waals surface area contributed by atoms with E-state index < -0.39 is 5.91 Å². The lowest BCUT2D eigenvalue weighted by atomic mass is 10.2. The van der Waals surface area contributed by atoms with E-state index >= 15 is 0 Å². The molecule has 0 aliphatic rings. The smallest absolute Gasteiger partial charge is 0.269 e.